The van der Waals surface area contributed by atoms with Gasteiger partial charge < -0.3 is 10.0 Å². The fraction of sp³-hybridized carbons (Fsp3) is 0.444. The molecule has 4 nitrogen and oxygen atoms in total. The minimum atomic E-state index is -0.692. The lowest BCUT2D eigenvalue weighted by atomic mass is 9.82. The number of carboxylic acids is 1. The highest BCUT2D eigenvalue weighted by Crippen LogP contribution is 2.33. The van der Waals surface area contributed by atoms with Crippen LogP contribution in [0.1, 0.15) is 26.2 Å². The molecule has 5 heteroatoms. The normalized spacial score (nSPS) is 17.4. The molecule has 2 heterocycles. The van der Waals surface area contributed by atoms with E-state index in [9.17, 15) is 14.3 Å². The molecule has 0 bridgehead atoms. The molecule has 1 fully saturated rings. The highest BCUT2D eigenvalue weighted by molar-refractivity contribution is 5.91. The molecule has 122 valence electrons. The molecule has 0 radical (unpaired) electrons. The van der Waals surface area contributed by atoms with Crippen molar-refractivity contribution in [3.05, 3.63) is 36.3 Å². The number of benzene rings is 1. The lowest BCUT2D eigenvalue weighted by Crippen LogP contribution is -2.38. The first-order valence-electron chi connectivity index (χ1n) is 8.12. The Labute approximate surface area is 134 Å². The summed E-state index contributed by atoms with van der Waals surface area (Å²) in [4.78, 5) is 17.8. The topological polar surface area (TPSA) is 53.4 Å². The van der Waals surface area contributed by atoms with E-state index >= 15 is 0 Å². The summed E-state index contributed by atoms with van der Waals surface area (Å²) in [5.41, 5.74) is 1.76. The Morgan fingerprint density at radius 2 is 2.13 bits per heavy atom. The van der Waals surface area contributed by atoms with Gasteiger partial charge in [0.1, 0.15) is 5.82 Å². The Bertz CT molecular complexity index is 711. The Morgan fingerprint density at radius 3 is 2.78 bits per heavy atom. The number of piperidine rings is 1. The van der Waals surface area contributed by atoms with E-state index in [1.807, 2.05) is 13.0 Å². The van der Waals surface area contributed by atoms with Gasteiger partial charge in [-0.25, -0.2) is 4.39 Å². The molecule has 2 aromatic rings. The van der Waals surface area contributed by atoms with Crippen molar-refractivity contribution in [1.29, 1.82) is 0 Å². The Kier molecular flexibility index (Phi) is 4.46. The highest BCUT2D eigenvalue weighted by atomic mass is 19.1. The van der Waals surface area contributed by atoms with Gasteiger partial charge in [0.15, 0.2) is 0 Å². The molecule has 1 aromatic heterocycles. The van der Waals surface area contributed by atoms with Crippen LogP contribution in [0.2, 0.25) is 0 Å². The van der Waals surface area contributed by atoms with Gasteiger partial charge in [0.25, 0.3) is 0 Å². The molecular formula is C18H21FN2O2. The smallest absolute Gasteiger partial charge is 0.306 e. The number of rotatable bonds is 4. The van der Waals surface area contributed by atoms with E-state index in [1.165, 1.54) is 12.1 Å². The third kappa shape index (κ3) is 3.14. The van der Waals surface area contributed by atoms with Crippen LogP contribution in [0.4, 0.5) is 10.1 Å². The first kappa shape index (κ1) is 15.7. The molecule has 1 N–H and O–H groups in total. The molecule has 0 amide bonds. The van der Waals surface area contributed by atoms with E-state index < -0.39 is 5.97 Å². The number of aliphatic carboxylic acids is 1. The van der Waals surface area contributed by atoms with Crippen molar-refractivity contribution in [2.45, 2.75) is 26.2 Å². The number of pyridine rings is 1. The summed E-state index contributed by atoms with van der Waals surface area (Å²) in [5.74, 6) is -0.997. The van der Waals surface area contributed by atoms with Crippen molar-refractivity contribution in [3.63, 3.8) is 0 Å². The van der Waals surface area contributed by atoms with Gasteiger partial charge in [0, 0.05) is 30.4 Å². The Balaban J connectivity index is 1.80. The van der Waals surface area contributed by atoms with Gasteiger partial charge in [-0.15, -0.1) is 0 Å². The summed E-state index contributed by atoms with van der Waals surface area (Å²) in [6, 6.07) is 6.55. The quantitative estimate of drug-likeness (QED) is 0.934. The second-order valence-electron chi connectivity index (χ2n) is 6.17. The third-order valence-electron chi connectivity index (χ3n) is 4.89. The summed E-state index contributed by atoms with van der Waals surface area (Å²) in [7, 11) is 0. The minimum absolute atomic E-state index is 0.221. The Morgan fingerprint density at radius 1 is 1.39 bits per heavy atom. The lowest BCUT2D eigenvalue weighted by Gasteiger charge is -2.36. The molecule has 1 aromatic carbocycles. The van der Waals surface area contributed by atoms with Gasteiger partial charge in [-0.05, 0) is 49.4 Å². The van der Waals surface area contributed by atoms with Crippen molar-refractivity contribution in [2.75, 3.05) is 18.0 Å². The molecule has 0 spiro atoms. The maximum atomic E-state index is 13.6. The van der Waals surface area contributed by atoms with Crippen LogP contribution in [0.3, 0.4) is 0 Å². The second kappa shape index (κ2) is 6.52. The van der Waals surface area contributed by atoms with Crippen molar-refractivity contribution in [3.8, 4) is 0 Å². The van der Waals surface area contributed by atoms with Crippen LogP contribution in [-0.2, 0) is 4.79 Å². The summed E-state index contributed by atoms with van der Waals surface area (Å²) in [6.07, 6.45) is 4.12. The van der Waals surface area contributed by atoms with Crippen molar-refractivity contribution in [1.82, 2.24) is 4.98 Å². The number of fused-ring (bicyclic) bond motifs is 1. The van der Waals surface area contributed by atoms with Gasteiger partial charge in [-0.3, -0.25) is 9.78 Å². The van der Waals surface area contributed by atoms with Gasteiger partial charge in [-0.1, -0.05) is 6.92 Å². The highest BCUT2D eigenvalue weighted by Gasteiger charge is 2.30. The molecule has 1 aliphatic rings. The van der Waals surface area contributed by atoms with E-state index in [2.05, 4.69) is 9.88 Å². The number of halogens is 1. The van der Waals surface area contributed by atoms with E-state index in [1.54, 1.807) is 12.3 Å². The van der Waals surface area contributed by atoms with E-state index in [-0.39, 0.29) is 17.7 Å². The molecule has 1 unspecified atom stereocenters. The predicted octanol–water partition coefficient (Wildman–Crippen LogP) is 3.70. The number of anilines is 1. The zero-order valence-electron chi connectivity index (χ0n) is 13.2. The summed E-state index contributed by atoms with van der Waals surface area (Å²) in [5, 5.41) is 10.1. The molecule has 0 aliphatic carbocycles. The average molecular weight is 316 g/mol. The fourth-order valence-corrected chi connectivity index (χ4v) is 3.63. The van der Waals surface area contributed by atoms with Crippen LogP contribution >= 0.6 is 0 Å². The largest absolute Gasteiger partial charge is 0.481 e. The Hall–Kier alpha value is -2.17. The molecule has 23 heavy (non-hydrogen) atoms. The second-order valence-corrected chi connectivity index (χ2v) is 6.17. The SMILES string of the molecule is CCC(C(=O)O)C1CCN(c2ccnc3ccc(F)cc23)CC1. The maximum Gasteiger partial charge on any atom is 0.306 e. The van der Waals surface area contributed by atoms with Gasteiger partial charge in [-0.2, -0.15) is 0 Å². The third-order valence-corrected chi connectivity index (χ3v) is 4.89. The van der Waals surface area contributed by atoms with Crippen molar-refractivity contribution in [2.24, 2.45) is 11.8 Å². The molecule has 1 aliphatic heterocycles. The van der Waals surface area contributed by atoms with Crippen molar-refractivity contribution >= 4 is 22.6 Å². The van der Waals surface area contributed by atoms with Crippen LogP contribution in [0.25, 0.3) is 10.9 Å². The number of hydrogen-bond donors (Lipinski definition) is 1. The predicted molar refractivity (Wildman–Crippen MR) is 88.1 cm³/mol. The van der Waals surface area contributed by atoms with Gasteiger partial charge in [0.05, 0.1) is 11.4 Å². The number of aromatic nitrogens is 1. The number of nitrogens with zero attached hydrogens (tertiary/aromatic N) is 2. The molecule has 1 saturated heterocycles. The number of carboxylic acid groups (broad SMARTS) is 1. The number of carbonyl (C=O) groups is 1. The first-order valence-corrected chi connectivity index (χ1v) is 8.12. The molecule has 0 saturated carbocycles. The van der Waals surface area contributed by atoms with Crippen LogP contribution in [0, 0.1) is 17.7 Å². The van der Waals surface area contributed by atoms with Crippen molar-refractivity contribution < 1.29 is 14.3 Å². The molecule has 1 atom stereocenters. The zero-order valence-corrected chi connectivity index (χ0v) is 13.2. The maximum absolute atomic E-state index is 13.6. The van der Waals surface area contributed by atoms with E-state index in [0.717, 1.165) is 42.5 Å². The summed E-state index contributed by atoms with van der Waals surface area (Å²) >= 11 is 0. The lowest BCUT2D eigenvalue weighted by molar-refractivity contribution is -0.144. The number of hydrogen-bond acceptors (Lipinski definition) is 3. The minimum Gasteiger partial charge on any atom is -0.481 e. The van der Waals surface area contributed by atoms with Crippen LogP contribution in [-0.4, -0.2) is 29.1 Å². The van der Waals surface area contributed by atoms with E-state index in [4.69, 9.17) is 0 Å². The van der Waals surface area contributed by atoms with Crippen LogP contribution in [0.15, 0.2) is 30.5 Å². The van der Waals surface area contributed by atoms with Crippen LogP contribution < -0.4 is 4.90 Å². The average Bonchev–Trinajstić information content (AvgIpc) is 2.55. The zero-order chi connectivity index (χ0) is 16.4. The standard InChI is InChI=1S/C18H21FN2O2/c1-2-14(18(22)23)12-6-9-21(10-7-12)17-5-8-20-16-4-3-13(19)11-15(16)17/h3-5,8,11-12,14H,2,6-7,9-10H2,1H3,(H,22,23). The van der Waals surface area contributed by atoms with Gasteiger partial charge in [0.2, 0.25) is 0 Å². The summed E-state index contributed by atoms with van der Waals surface area (Å²) in [6.45, 7) is 3.53. The van der Waals surface area contributed by atoms with Crippen LogP contribution in [0.5, 0.6) is 0 Å². The monoisotopic (exact) mass is 316 g/mol. The summed E-state index contributed by atoms with van der Waals surface area (Å²) < 4.78 is 13.6. The first-order chi connectivity index (χ1) is 11.1. The fourth-order valence-electron chi connectivity index (χ4n) is 3.63. The molecular weight excluding hydrogens is 295 g/mol. The van der Waals surface area contributed by atoms with E-state index in [0.29, 0.717) is 6.42 Å². The molecule has 3 rings (SSSR count). The van der Waals surface area contributed by atoms with Gasteiger partial charge >= 0.3 is 5.97 Å².